The molecule has 3 N–H and O–H groups in total. The van der Waals surface area contributed by atoms with Crippen molar-refractivity contribution >= 4 is 33.0 Å². The molecule has 8 nitrogen and oxygen atoms in total. The van der Waals surface area contributed by atoms with Gasteiger partial charge in [-0.15, -0.1) is 0 Å². The van der Waals surface area contributed by atoms with Crippen LogP contribution in [0.15, 0.2) is 24.5 Å². The third-order valence-corrected chi connectivity index (χ3v) is 9.16. The zero-order valence-corrected chi connectivity index (χ0v) is 22.6. The number of hydrogen-bond acceptors (Lipinski definition) is 6. The van der Waals surface area contributed by atoms with Gasteiger partial charge in [0.1, 0.15) is 0 Å². The van der Waals surface area contributed by atoms with E-state index in [4.69, 9.17) is 17.0 Å². The fourth-order valence-corrected chi connectivity index (χ4v) is 6.92. The molecule has 1 aromatic heterocycles. The van der Waals surface area contributed by atoms with Crippen molar-refractivity contribution in [1.82, 2.24) is 19.9 Å². The Labute approximate surface area is 217 Å². The molecular formula is C25H43N5O3S2. The number of hydrogen-bond donors (Lipinski definition) is 3. The molecule has 1 saturated carbocycles. The minimum absolute atomic E-state index is 0.0189. The summed E-state index contributed by atoms with van der Waals surface area (Å²) in [5.74, 6) is 0. The Hall–Kier alpha value is -1.33. The third-order valence-electron chi connectivity index (χ3n) is 6.91. The van der Waals surface area contributed by atoms with E-state index in [1.54, 1.807) is 12.4 Å². The smallest absolute Gasteiger partial charge is 0.214 e. The first-order chi connectivity index (χ1) is 17.0. The Morgan fingerprint density at radius 1 is 1.06 bits per heavy atom. The van der Waals surface area contributed by atoms with E-state index in [1.807, 2.05) is 12.1 Å². The maximum absolute atomic E-state index is 13.0. The van der Waals surface area contributed by atoms with Crippen molar-refractivity contribution in [2.75, 3.05) is 44.7 Å². The number of pyridine rings is 1. The molecule has 1 unspecified atom stereocenters. The van der Waals surface area contributed by atoms with Crippen LogP contribution < -0.4 is 15.4 Å². The Bertz CT molecular complexity index is 829. The standard InChI is InChI=1S/C25H43N5O3S2/c31-35(32,24-10-4-1-5-11-24)29-23(9-7-17-30-18-20-33-21-19-30)8-3-2-6-14-27-25(34)28-22-12-15-26-16-13-22/h12-13,15-16,23-24,29H,1-11,14,17-21H2,(H2,26,27,28,34). The van der Waals surface area contributed by atoms with E-state index in [2.05, 4.69) is 25.2 Å². The topological polar surface area (TPSA) is 95.6 Å². The highest BCUT2D eigenvalue weighted by Crippen LogP contribution is 2.24. The molecule has 2 fully saturated rings. The van der Waals surface area contributed by atoms with Crippen LogP contribution in [0.25, 0.3) is 0 Å². The van der Waals surface area contributed by atoms with Gasteiger partial charge in [0, 0.05) is 43.8 Å². The highest BCUT2D eigenvalue weighted by molar-refractivity contribution is 7.90. The molecule has 2 aliphatic rings. The van der Waals surface area contributed by atoms with Crippen molar-refractivity contribution in [3.63, 3.8) is 0 Å². The number of aromatic nitrogens is 1. The van der Waals surface area contributed by atoms with E-state index < -0.39 is 10.0 Å². The zero-order valence-electron chi connectivity index (χ0n) is 20.9. The maximum Gasteiger partial charge on any atom is 0.214 e. The van der Waals surface area contributed by atoms with E-state index in [9.17, 15) is 8.42 Å². The van der Waals surface area contributed by atoms with Gasteiger partial charge in [-0.25, -0.2) is 13.1 Å². The Morgan fingerprint density at radius 3 is 2.51 bits per heavy atom. The molecule has 198 valence electrons. The van der Waals surface area contributed by atoms with Crippen molar-refractivity contribution in [1.29, 1.82) is 0 Å². The monoisotopic (exact) mass is 525 g/mol. The van der Waals surface area contributed by atoms with Crippen molar-refractivity contribution < 1.29 is 13.2 Å². The first-order valence-corrected chi connectivity index (χ1v) is 15.2. The van der Waals surface area contributed by atoms with E-state index in [0.717, 1.165) is 116 Å². The molecule has 1 atom stereocenters. The van der Waals surface area contributed by atoms with Crippen LogP contribution in [-0.2, 0) is 14.8 Å². The highest BCUT2D eigenvalue weighted by atomic mass is 32.2. The van der Waals surface area contributed by atoms with Gasteiger partial charge in [0.2, 0.25) is 10.0 Å². The lowest BCUT2D eigenvalue weighted by molar-refractivity contribution is 0.0369. The second-order valence-corrected chi connectivity index (χ2v) is 12.1. The summed E-state index contributed by atoms with van der Waals surface area (Å²) in [5, 5.41) is 6.79. The predicted octanol–water partition coefficient (Wildman–Crippen LogP) is 3.66. The van der Waals surface area contributed by atoms with Gasteiger partial charge in [-0.2, -0.15) is 0 Å². The molecule has 1 saturated heterocycles. The molecule has 0 amide bonds. The number of ether oxygens (including phenoxy) is 1. The summed E-state index contributed by atoms with van der Waals surface area (Å²) in [6, 6.07) is 3.77. The van der Waals surface area contributed by atoms with Crippen molar-refractivity contribution in [3.05, 3.63) is 24.5 Å². The highest BCUT2D eigenvalue weighted by Gasteiger charge is 2.29. The number of sulfonamides is 1. The van der Waals surface area contributed by atoms with Crippen molar-refractivity contribution in [3.8, 4) is 0 Å². The molecule has 1 aliphatic carbocycles. The van der Waals surface area contributed by atoms with Crippen molar-refractivity contribution in [2.45, 2.75) is 81.9 Å². The van der Waals surface area contributed by atoms with E-state index in [1.165, 1.54) is 0 Å². The largest absolute Gasteiger partial charge is 0.379 e. The van der Waals surface area contributed by atoms with Crippen LogP contribution in [-0.4, -0.2) is 74.1 Å². The third kappa shape index (κ3) is 11.1. The average Bonchev–Trinajstić information content (AvgIpc) is 2.87. The van der Waals surface area contributed by atoms with Gasteiger partial charge in [-0.05, 0) is 69.4 Å². The minimum Gasteiger partial charge on any atom is -0.379 e. The van der Waals surface area contributed by atoms with Crippen LogP contribution in [0, 0.1) is 0 Å². The number of rotatable bonds is 14. The van der Waals surface area contributed by atoms with Crippen LogP contribution in [0.2, 0.25) is 0 Å². The molecule has 2 heterocycles. The fraction of sp³-hybridized carbons (Fsp3) is 0.760. The molecule has 1 aliphatic heterocycles. The number of unbranched alkanes of at least 4 members (excludes halogenated alkanes) is 2. The second kappa shape index (κ2) is 15.7. The van der Waals surface area contributed by atoms with Crippen LogP contribution >= 0.6 is 12.2 Å². The predicted molar refractivity (Wildman–Crippen MR) is 146 cm³/mol. The summed E-state index contributed by atoms with van der Waals surface area (Å²) in [4.78, 5) is 6.42. The molecule has 0 bridgehead atoms. The Balaban J connectivity index is 1.37. The SMILES string of the molecule is O=S(=O)(NC(CCCCCNC(=S)Nc1ccncc1)CCCN1CCOCC1)C1CCCCC1. The van der Waals surface area contributed by atoms with Gasteiger partial charge < -0.3 is 15.4 Å². The quantitative estimate of drug-likeness (QED) is 0.250. The molecule has 10 heteroatoms. The molecular weight excluding hydrogens is 482 g/mol. The number of nitrogens with zero attached hydrogens (tertiary/aromatic N) is 2. The summed E-state index contributed by atoms with van der Waals surface area (Å²) in [6.45, 7) is 5.36. The number of nitrogens with one attached hydrogen (secondary N) is 3. The lowest BCUT2D eigenvalue weighted by Gasteiger charge is -2.28. The maximum atomic E-state index is 13.0. The Morgan fingerprint density at radius 2 is 1.77 bits per heavy atom. The summed E-state index contributed by atoms with van der Waals surface area (Å²) >= 11 is 5.35. The molecule has 0 spiro atoms. The molecule has 3 rings (SSSR count). The second-order valence-electron chi connectivity index (χ2n) is 9.68. The lowest BCUT2D eigenvalue weighted by Crippen LogP contribution is -2.42. The summed E-state index contributed by atoms with van der Waals surface area (Å²) < 4.78 is 34.6. The number of thiocarbonyl (C=S) groups is 1. The van der Waals surface area contributed by atoms with Gasteiger partial charge in [0.25, 0.3) is 0 Å². The van der Waals surface area contributed by atoms with Gasteiger partial charge in [0.05, 0.1) is 18.5 Å². The molecule has 0 aromatic carbocycles. The van der Waals surface area contributed by atoms with E-state index >= 15 is 0 Å². The summed E-state index contributed by atoms with van der Waals surface area (Å²) in [7, 11) is -3.25. The van der Waals surface area contributed by atoms with Gasteiger partial charge in [-0.1, -0.05) is 32.1 Å². The first kappa shape index (κ1) is 28.2. The van der Waals surface area contributed by atoms with E-state index in [-0.39, 0.29) is 11.3 Å². The lowest BCUT2D eigenvalue weighted by atomic mass is 10.0. The normalized spacial score (nSPS) is 18.7. The average molecular weight is 526 g/mol. The van der Waals surface area contributed by atoms with Crippen LogP contribution in [0.5, 0.6) is 0 Å². The Kier molecular flexibility index (Phi) is 12.7. The van der Waals surface area contributed by atoms with Gasteiger partial charge in [0.15, 0.2) is 5.11 Å². The molecule has 0 radical (unpaired) electrons. The number of anilines is 1. The summed E-state index contributed by atoms with van der Waals surface area (Å²) in [6.07, 6.45) is 14.1. The molecule has 1 aromatic rings. The van der Waals surface area contributed by atoms with E-state index in [0.29, 0.717) is 5.11 Å². The molecule has 35 heavy (non-hydrogen) atoms. The zero-order chi connectivity index (χ0) is 24.8. The van der Waals surface area contributed by atoms with Gasteiger partial charge in [-0.3, -0.25) is 9.88 Å². The van der Waals surface area contributed by atoms with Crippen LogP contribution in [0.4, 0.5) is 5.69 Å². The van der Waals surface area contributed by atoms with Crippen LogP contribution in [0.1, 0.15) is 70.6 Å². The number of morpholine rings is 1. The summed E-state index contributed by atoms with van der Waals surface area (Å²) in [5.41, 5.74) is 0.919. The minimum atomic E-state index is -3.25. The fourth-order valence-electron chi connectivity index (χ4n) is 4.86. The van der Waals surface area contributed by atoms with Crippen molar-refractivity contribution in [2.24, 2.45) is 0 Å². The first-order valence-electron chi connectivity index (χ1n) is 13.3. The van der Waals surface area contributed by atoms with Crippen LogP contribution in [0.3, 0.4) is 0 Å². The van der Waals surface area contributed by atoms with Gasteiger partial charge >= 0.3 is 0 Å².